The highest BCUT2D eigenvalue weighted by Gasteiger charge is 2.18. The van der Waals surface area contributed by atoms with Crippen LogP contribution in [0.2, 0.25) is 0 Å². The molecule has 0 aliphatic heterocycles. The number of amides is 1. The predicted molar refractivity (Wildman–Crippen MR) is 67.1 cm³/mol. The molecule has 0 spiro atoms. The summed E-state index contributed by atoms with van der Waals surface area (Å²) in [4.78, 5) is 11.7. The van der Waals surface area contributed by atoms with Crippen LogP contribution in [0.25, 0.3) is 0 Å². The zero-order chi connectivity index (χ0) is 11.8. The van der Waals surface area contributed by atoms with Crippen LogP contribution in [-0.2, 0) is 15.6 Å². The lowest BCUT2D eigenvalue weighted by molar-refractivity contribution is -0.123. The second-order valence-electron chi connectivity index (χ2n) is 3.29. The molecule has 0 radical (unpaired) electrons. The fraction of sp³-hybridized carbons (Fsp3) is 0.778. The van der Waals surface area contributed by atoms with Gasteiger partial charge in [0.2, 0.25) is 5.91 Å². The van der Waals surface area contributed by atoms with E-state index < -0.39 is 10.8 Å². The van der Waals surface area contributed by atoms with Gasteiger partial charge in [0, 0.05) is 29.4 Å². The predicted octanol–water partition coefficient (Wildman–Crippen LogP) is 0.184. The summed E-state index contributed by atoms with van der Waals surface area (Å²) in [5.74, 6) is 0.0865. The molecule has 0 aliphatic rings. The van der Waals surface area contributed by atoms with Crippen molar-refractivity contribution in [2.45, 2.75) is 19.8 Å². The lowest BCUT2D eigenvalue weighted by atomic mass is 10.1. The van der Waals surface area contributed by atoms with E-state index in [-0.39, 0.29) is 16.8 Å². The maximum Gasteiger partial charge on any atom is 0.229 e. The van der Waals surface area contributed by atoms with E-state index in [1.807, 2.05) is 6.92 Å². The molecule has 0 aromatic rings. The largest absolute Gasteiger partial charge is 0.393 e. The highest BCUT2D eigenvalue weighted by Crippen LogP contribution is 2.02. The van der Waals surface area contributed by atoms with E-state index in [0.29, 0.717) is 25.1 Å². The molecule has 0 fully saturated rings. The third kappa shape index (κ3) is 6.57. The van der Waals surface area contributed by atoms with Gasteiger partial charge in [0.15, 0.2) is 0 Å². The van der Waals surface area contributed by atoms with Crippen molar-refractivity contribution in [3.63, 3.8) is 0 Å². The van der Waals surface area contributed by atoms with E-state index in [9.17, 15) is 9.00 Å². The first-order chi connectivity index (χ1) is 6.99. The number of thiocarbonyl (C=S) groups is 1. The van der Waals surface area contributed by atoms with Gasteiger partial charge in [0.25, 0.3) is 0 Å². The first-order valence-corrected chi connectivity index (χ1v) is 6.99. The van der Waals surface area contributed by atoms with Crippen LogP contribution in [0, 0.1) is 5.92 Å². The number of carbonyl (C=O) groups excluding carboxylic acids is 1. The smallest absolute Gasteiger partial charge is 0.229 e. The SMILES string of the molecule is CCC(C(=O)NCCCS(C)=O)C(N)=S. The zero-order valence-corrected chi connectivity index (χ0v) is 10.7. The van der Waals surface area contributed by atoms with Gasteiger partial charge in [-0.15, -0.1) is 0 Å². The van der Waals surface area contributed by atoms with E-state index in [0.717, 1.165) is 0 Å². The average molecular weight is 250 g/mol. The lowest BCUT2D eigenvalue weighted by Crippen LogP contribution is -2.38. The van der Waals surface area contributed by atoms with Crippen LogP contribution in [0.5, 0.6) is 0 Å². The molecule has 6 heteroatoms. The molecule has 0 aliphatic carbocycles. The van der Waals surface area contributed by atoms with E-state index in [4.69, 9.17) is 18.0 Å². The summed E-state index contributed by atoms with van der Waals surface area (Å²) in [5, 5.41) is 2.73. The summed E-state index contributed by atoms with van der Waals surface area (Å²) in [6, 6.07) is 0. The third-order valence-corrected chi connectivity index (χ3v) is 3.12. The molecular weight excluding hydrogens is 232 g/mol. The second-order valence-corrected chi connectivity index (χ2v) is 5.31. The van der Waals surface area contributed by atoms with Gasteiger partial charge >= 0.3 is 0 Å². The molecule has 0 saturated heterocycles. The van der Waals surface area contributed by atoms with E-state index in [1.165, 1.54) is 0 Å². The number of rotatable bonds is 7. The van der Waals surface area contributed by atoms with Crippen molar-refractivity contribution in [1.82, 2.24) is 5.32 Å². The standard InChI is InChI=1S/C9H18N2O2S2/c1-3-7(8(10)14)9(12)11-5-4-6-15(2)13/h7H,3-6H2,1-2H3,(H2,10,14)(H,11,12). The van der Waals surface area contributed by atoms with Crippen LogP contribution in [0.15, 0.2) is 0 Å². The summed E-state index contributed by atoms with van der Waals surface area (Å²) < 4.78 is 10.7. The lowest BCUT2D eigenvalue weighted by Gasteiger charge is -2.12. The molecule has 15 heavy (non-hydrogen) atoms. The Morgan fingerprint density at radius 1 is 1.60 bits per heavy atom. The maximum absolute atomic E-state index is 11.5. The minimum atomic E-state index is -0.803. The molecule has 2 unspecified atom stereocenters. The van der Waals surface area contributed by atoms with E-state index >= 15 is 0 Å². The minimum Gasteiger partial charge on any atom is -0.393 e. The normalized spacial score (nSPS) is 14.3. The van der Waals surface area contributed by atoms with Gasteiger partial charge in [-0.05, 0) is 12.8 Å². The first kappa shape index (κ1) is 14.5. The maximum atomic E-state index is 11.5. The fourth-order valence-corrected chi connectivity index (χ4v) is 1.95. The van der Waals surface area contributed by atoms with Gasteiger partial charge in [-0.1, -0.05) is 19.1 Å². The summed E-state index contributed by atoms with van der Waals surface area (Å²) in [5.41, 5.74) is 5.42. The van der Waals surface area contributed by atoms with Gasteiger partial charge in [-0.2, -0.15) is 0 Å². The monoisotopic (exact) mass is 250 g/mol. The highest BCUT2D eigenvalue weighted by molar-refractivity contribution is 7.84. The Hall–Kier alpha value is -0.490. The quantitative estimate of drug-likeness (QED) is 0.499. The Labute approximate surface area is 98.4 Å². The van der Waals surface area contributed by atoms with Crippen molar-refractivity contribution in [3.8, 4) is 0 Å². The molecule has 2 atom stereocenters. The molecule has 0 heterocycles. The van der Waals surface area contributed by atoms with Crippen molar-refractivity contribution in [3.05, 3.63) is 0 Å². The molecule has 0 aromatic carbocycles. The van der Waals surface area contributed by atoms with Crippen molar-refractivity contribution < 1.29 is 9.00 Å². The van der Waals surface area contributed by atoms with Crippen molar-refractivity contribution in [2.75, 3.05) is 18.6 Å². The number of carbonyl (C=O) groups is 1. The van der Waals surface area contributed by atoms with Gasteiger partial charge in [0.1, 0.15) is 0 Å². The van der Waals surface area contributed by atoms with Gasteiger partial charge in [0.05, 0.1) is 10.9 Å². The summed E-state index contributed by atoms with van der Waals surface area (Å²) in [7, 11) is -0.803. The summed E-state index contributed by atoms with van der Waals surface area (Å²) >= 11 is 4.78. The number of hydrogen-bond donors (Lipinski definition) is 2. The van der Waals surface area contributed by atoms with Crippen molar-refractivity contribution in [1.29, 1.82) is 0 Å². The number of nitrogens with one attached hydrogen (secondary N) is 1. The molecule has 0 bridgehead atoms. The van der Waals surface area contributed by atoms with Gasteiger partial charge in [-0.25, -0.2) is 0 Å². The van der Waals surface area contributed by atoms with Crippen LogP contribution in [0.1, 0.15) is 19.8 Å². The Kier molecular flexibility index (Phi) is 7.50. The number of hydrogen-bond acceptors (Lipinski definition) is 3. The molecular formula is C9H18N2O2S2. The van der Waals surface area contributed by atoms with E-state index in [2.05, 4.69) is 5.32 Å². The van der Waals surface area contributed by atoms with Crippen LogP contribution in [0.3, 0.4) is 0 Å². The second kappa shape index (κ2) is 7.76. The molecule has 0 aromatic heterocycles. The molecule has 0 rings (SSSR count). The Bertz CT molecular complexity index is 256. The molecule has 0 saturated carbocycles. The molecule has 1 amide bonds. The van der Waals surface area contributed by atoms with Crippen LogP contribution in [-0.4, -0.2) is 33.7 Å². The highest BCUT2D eigenvalue weighted by atomic mass is 32.2. The van der Waals surface area contributed by atoms with Crippen molar-refractivity contribution >= 4 is 33.9 Å². The minimum absolute atomic E-state index is 0.133. The molecule has 4 nitrogen and oxygen atoms in total. The Morgan fingerprint density at radius 3 is 2.60 bits per heavy atom. The third-order valence-electron chi connectivity index (χ3n) is 1.98. The number of nitrogens with two attached hydrogens (primary N) is 1. The molecule has 88 valence electrons. The zero-order valence-electron chi connectivity index (χ0n) is 9.12. The van der Waals surface area contributed by atoms with Crippen LogP contribution in [0.4, 0.5) is 0 Å². The average Bonchev–Trinajstić information content (AvgIpc) is 2.12. The summed E-state index contributed by atoms with van der Waals surface area (Å²) in [6.07, 6.45) is 2.97. The van der Waals surface area contributed by atoms with Crippen LogP contribution < -0.4 is 11.1 Å². The van der Waals surface area contributed by atoms with Crippen molar-refractivity contribution in [2.24, 2.45) is 11.7 Å². The fourth-order valence-electron chi connectivity index (χ4n) is 1.13. The van der Waals surface area contributed by atoms with Gasteiger partial charge < -0.3 is 11.1 Å². The first-order valence-electron chi connectivity index (χ1n) is 4.86. The molecule has 3 N–H and O–H groups in total. The Balaban J connectivity index is 3.82. The van der Waals surface area contributed by atoms with Crippen LogP contribution >= 0.6 is 12.2 Å². The van der Waals surface area contributed by atoms with E-state index in [1.54, 1.807) is 6.26 Å². The Morgan fingerprint density at radius 2 is 2.20 bits per heavy atom. The summed E-state index contributed by atoms with van der Waals surface area (Å²) in [6.45, 7) is 2.39. The topological polar surface area (TPSA) is 72.2 Å². The van der Waals surface area contributed by atoms with Gasteiger partial charge in [-0.3, -0.25) is 9.00 Å².